The number of hydrogen-bond donors (Lipinski definition) is 0. The van der Waals surface area contributed by atoms with E-state index in [9.17, 15) is 0 Å². The number of benzene rings is 20. The first-order valence-corrected chi connectivity index (χ1v) is 42.6. The highest BCUT2D eigenvalue weighted by molar-refractivity contribution is 7.27. The molecule has 0 saturated heterocycles. The van der Waals surface area contributed by atoms with Crippen molar-refractivity contribution >= 4 is 159 Å². The lowest BCUT2D eigenvalue weighted by Crippen LogP contribution is -2.15. The van der Waals surface area contributed by atoms with Gasteiger partial charge in [-0.3, -0.25) is 0 Å². The van der Waals surface area contributed by atoms with Crippen molar-refractivity contribution in [3.05, 3.63) is 411 Å². The largest absolute Gasteiger partial charge is 0.135 e. The van der Waals surface area contributed by atoms with E-state index in [-0.39, 0.29) is 5.41 Å². The van der Waals surface area contributed by atoms with Crippen molar-refractivity contribution in [1.29, 1.82) is 0 Å². The van der Waals surface area contributed by atoms with Gasteiger partial charge in [-0.25, -0.2) is 0 Å². The van der Waals surface area contributed by atoms with E-state index >= 15 is 0 Å². The van der Waals surface area contributed by atoms with E-state index in [1.165, 1.54) is 236 Å². The quantitative estimate of drug-likeness (QED) is 0.140. The smallest absolute Gasteiger partial charge is 0.0434 e. The Morgan fingerprint density at radius 2 is 0.440 bits per heavy atom. The topological polar surface area (TPSA) is 0 Å². The Balaban J connectivity index is 0.000000106. The highest BCUT2D eigenvalue weighted by Gasteiger charge is 2.36. The molecule has 23 aromatic rings. The molecular weight excluding hydrogens is 1450 g/mol. The van der Waals surface area contributed by atoms with Crippen LogP contribution in [0, 0.1) is 13.8 Å². The molecule has 1 aliphatic carbocycles. The zero-order valence-electron chi connectivity index (χ0n) is 64.7. The van der Waals surface area contributed by atoms with Gasteiger partial charge >= 0.3 is 0 Å². The van der Waals surface area contributed by atoms with Crippen molar-refractivity contribution in [2.75, 3.05) is 0 Å². The van der Waals surface area contributed by atoms with Crippen LogP contribution in [-0.4, -0.2) is 0 Å². The zero-order valence-corrected chi connectivity index (χ0v) is 67.1. The van der Waals surface area contributed by atoms with Gasteiger partial charge in [0.1, 0.15) is 0 Å². The Morgan fingerprint density at radius 3 is 0.862 bits per heavy atom. The minimum absolute atomic E-state index is 0.0998. The zero-order chi connectivity index (χ0) is 77.3. The number of fused-ring (bicyclic) bond motifs is 21. The average Bonchev–Trinajstić information content (AvgIpc) is 1.45. The summed E-state index contributed by atoms with van der Waals surface area (Å²) in [6.07, 6.45) is 0. The van der Waals surface area contributed by atoms with Crippen molar-refractivity contribution in [3.8, 4) is 89.0 Å². The van der Waals surface area contributed by atoms with Gasteiger partial charge in [0.15, 0.2) is 0 Å². The summed E-state index contributed by atoms with van der Waals surface area (Å²) in [6.45, 7) is 9.30. The van der Waals surface area contributed by atoms with Crippen LogP contribution in [-0.2, 0) is 5.41 Å². The lowest BCUT2D eigenvalue weighted by atomic mass is 9.80. The lowest BCUT2D eigenvalue weighted by molar-refractivity contribution is 0.661. The third-order valence-corrected chi connectivity index (χ3v) is 28.4. The summed E-state index contributed by atoms with van der Waals surface area (Å²) in [6, 6.07) is 143. The molecule has 3 heterocycles. The first-order valence-electron chi connectivity index (χ1n) is 40.2. The highest BCUT2D eigenvalue weighted by atomic mass is 32.1. The molecule has 0 spiro atoms. The second-order valence-corrected chi connectivity index (χ2v) is 34.8. The Labute approximate surface area is 686 Å². The molecule has 0 saturated carbocycles. The molecule has 0 radical (unpaired) electrons. The van der Waals surface area contributed by atoms with Crippen LogP contribution in [0.25, 0.3) is 214 Å². The van der Waals surface area contributed by atoms with Gasteiger partial charge in [0.05, 0.1) is 0 Å². The maximum absolute atomic E-state index is 2.46. The maximum atomic E-state index is 2.46. The molecule has 0 unspecified atom stereocenters. The minimum atomic E-state index is -0.0998. The first kappa shape index (κ1) is 69.3. The van der Waals surface area contributed by atoms with Gasteiger partial charge in [-0.1, -0.05) is 354 Å². The Morgan fingerprint density at radius 1 is 0.172 bits per heavy atom. The number of rotatable bonds is 7. The average molecular weight is 1530 g/mol. The van der Waals surface area contributed by atoms with E-state index in [4.69, 9.17) is 0 Å². The van der Waals surface area contributed by atoms with E-state index in [1.807, 2.05) is 34.0 Å². The molecule has 0 fully saturated rings. The summed E-state index contributed by atoms with van der Waals surface area (Å²) < 4.78 is 8.13. The van der Waals surface area contributed by atoms with Gasteiger partial charge in [-0.2, -0.15) is 0 Å². The molecule has 20 aromatic carbocycles. The van der Waals surface area contributed by atoms with Crippen molar-refractivity contribution < 1.29 is 0 Å². The van der Waals surface area contributed by atoms with Gasteiger partial charge in [-0.15, -0.1) is 34.0 Å². The second-order valence-electron chi connectivity index (χ2n) is 31.6. The first-order chi connectivity index (χ1) is 57.1. The van der Waals surface area contributed by atoms with E-state index in [0.29, 0.717) is 0 Å². The van der Waals surface area contributed by atoms with Crippen LogP contribution in [0.5, 0.6) is 0 Å². The van der Waals surface area contributed by atoms with Crippen LogP contribution < -0.4 is 0 Å². The van der Waals surface area contributed by atoms with Gasteiger partial charge in [0, 0.05) is 71.5 Å². The Bertz CT molecular complexity index is 7970. The molecule has 3 heteroatoms. The molecule has 546 valence electrons. The standard InChI is InChI=1S/C41H28S.C38H24S.C34H24S/c1-41(2)37-23-26(29-15-9-16-35-34-14-7-8-17-39(34)42-40(29)35)18-20-32(37)33-21-19-27(24-38(33)41)36-22-25-10-3-4-11-28(25)30-12-5-6-13-31(30)36;1-2-13-26-25(12-1)24-36(31-18-7-3-14-27(26)31)32-19-8-5-16-29(32)28-15-4-6-17-30(28)34-21-11-22-35-33-20-9-10-23-37(33)39-38(34)35;1-21-19-31(32-20-23-10-3-4-11-24(23)25-12-5-6-13-26(25)32)22(2)18-30(21)29-16-9-15-28-27-14-7-8-17-33(27)35-34(28)29/h3-24H,1-2H3;1-24H;3-20H,1-2H3. The summed E-state index contributed by atoms with van der Waals surface area (Å²) in [5, 5.41) is 23.7. The lowest BCUT2D eigenvalue weighted by Gasteiger charge is -2.23. The van der Waals surface area contributed by atoms with Crippen LogP contribution in [0.4, 0.5) is 0 Å². The van der Waals surface area contributed by atoms with Crippen molar-refractivity contribution in [3.63, 3.8) is 0 Å². The minimum Gasteiger partial charge on any atom is -0.135 e. The molecule has 0 bridgehead atoms. The van der Waals surface area contributed by atoms with Crippen LogP contribution >= 0.6 is 34.0 Å². The molecule has 0 atom stereocenters. The van der Waals surface area contributed by atoms with Crippen LogP contribution in [0.3, 0.4) is 0 Å². The fourth-order valence-corrected chi connectivity index (χ4v) is 22.8. The molecular formula is C113H76S3. The Hall–Kier alpha value is -13.4. The molecule has 1 aliphatic rings. The normalized spacial score (nSPS) is 12.4. The fourth-order valence-electron chi connectivity index (χ4n) is 19.1. The maximum Gasteiger partial charge on any atom is 0.0434 e. The number of hydrogen-bond acceptors (Lipinski definition) is 3. The van der Waals surface area contributed by atoms with Crippen LogP contribution in [0.2, 0.25) is 0 Å². The highest BCUT2D eigenvalue weighted by Crippen LogP contribution is 2.54. The van der Waals surface area contributed by atoms with E-state index in [0.717, 1.165) is 0 Å². The van der Waals surface area contributed by atoms with E-state index < -0.39 is 0 Å². The van der Waals surface area contributed by atoms with Gasteiger partial charge < -0.3 is 0 Å². The molecule has 0 nitrogen and oxygen atoms in total. The molecule has 0 aliphatic heterocycles. The Kier molecular flexibility index (Phi) is 16.8. The van der Waals surface area contributed by atoms with Crippen LogP contribution in [0.1, 0.15) is 36.1 Å². The van der Waals surface area contributed by atoms with Crippen molar-refractivity contribution in [2.45, 2.75) is 33.1 Å². The molecule has 24 rings (SSSR count). The van der Waals surface area contributed by atoms with Gasteiger partial charge in [-0.05, 0) is 233 Å². The molecule has 3 aromatic heterocycles. The third kappa shape index (κ3) is 11.4. The van der Waals surface area contributed by atoms with Crippen LogP contribution in [0.15, 0.2) is 388 Å². The van der Waals surface area contributed by atoms with Crippen molar-refractivity contribution in [1.82, 2.24) is 0 Å². The molecule has 116 heavy (non-hydrogen) atoms. The summed E-state index contributed by atoms with van der Waals surface area (Å²) in [5.74, 6) is 0. The third-order valence-electron chi connectivity index (χ3n) is 24.7. The van der Waals surface area contributed by atoms with E-state index in [2.05, 4.69) is 416 Å². The summed E-state index contributed by atoms with van der Waals surface area (Å²) in [4.78, 5) is 0. The fraction of sp³-hybridized carbons (Fsp3) is 0.0442. The van der Waals surface area contributed by atoms with Gasteiger partial charge in [0.25, 0.3) is 0 Å². The molecule has 0 N–H and O–H groups in total. The predicted octanol–water partition coefficient (Wildman–Crippen LogP) is 33.7. The van der Waals surface area contributed by atoms with E-state index in [1.54, 1.807) is 0 Å². The number of thiophene rings is 3. The molecule has 0 amide bonds. The summed E-state index contributed by atoms with van der Waals surface area (Å²) in [7, 11) is 0. The van der Waals surface area contributed by atoms with Crippen molar-refractivity contribution in [2.24, 2.45) is 0 Å². The summed E-state index contributed by atoms with van der Waals surface area (Å²) >= 11 is 5.70. The monoisotopic (exact) mass is 1530 g/mol. The van der Waals surface area contributed by atoms with Gasteiger partial charge in [0.2, 0.25) is 0 Å². The number of aryl methyl sites for hydroxylation is 2. The SMILES string of the molecule is CC1(C)c2cc(-c3cc4ccccc4c4ccccc34)ccc2-c2ccc(-c3cccc4c3sc3ccccc34)cc21.Cc1cc(-c2cccc3c2sc2ccccc23)c(C)cc1-c1cc2ccccc2c2ccccc12.c1ccc(-c2cc3ccccc3c3ccccc23)c(-c2ccccc2-c2cccc3c2sc2ccccc23)c1. The second kappa shape index (κ2) is 28.0. The summed E-state index contributed by atoms with van der Waals surface area (Å²) in [5.41, 5.74) is 26.2. The predicted molar refractivity (Wildman–Crippen MR) is 508 cm³/mol.